The summed E-state index contributed by atoms with van der Waals surface area (Å²) in [5, 5.41) is 14.3. The SMILES string of the molecule is CC(C)(C)c1cc2c(c(C(C)(C)C)c1)OP(=O)([O-])Oc1c(cc(C(C)(C)C)cc1C(C)(C)C)C2[O-].[Al+3].[OH-]. The predicted molar refractivity (Wildman–Crippen MR) is 146 cm³/mol. The molecule has 202 valence electrons. The minimum Gasteiger partial charge on any atom is -0.870 e. The summed E-state index contributed by atoms with van der Waals surface area (Å²) in [6, 6.07) is 7.55. The maximum atomic E-state index is 14.3. The van der Waals surface area contributed by atoms with Gasteiger partial charge in [0.15, 0.2) is 0 Å². The first-order valence-corrected chi connectivity index (χ1v) is 13.7. The van der Waals surface area contributed by atoms with Crippen LogP contribution >= 0.6 is 7.82 Å². The molecule has 0 saturated heterocycles. The Kier molecular flexibility index (Phi) is 9.42. The Morgan fingerprint density at radius 1 is 0.649 bits per heavy atom. The van der Waals surface area contributed by atoms with Gasteiger partial charge in [0.2, 0.25) is 0 Å². The van der Waals surface area contributed by atoms with Crippen LogP contribution in [0.1, 0.15) is 123 Å². The van der Waals surface area contributed by atoms with E-state index in [1.807, 2.05) is 65.8 Å². The molecule has 1 aliphatic rings. The van der Waals surface area contributed by atoms with Gasteiger partial charge in [-0.05, 0) is 43.9 Å². The minimum atomic E-state index is -4.84. The summed E-state index contributed by atoms with van der Waals surface area (Å²) in [6.45, 7) is 24.4. The van der Waals surface area contributed by atoms with Crippen LogP contribution in [0.25, 0.3) is 0 Å². The quantitative estimate of drug-likeness (QED) is 0.297. The Bertz CT molecular complexity index is 1100. The summed E-state index contributed by atoms with van der Waals surface area (Å²) >= 11 is 0. The molecule has 0 atom stereocenters. The van der Waals surface area contributed by atoms with Gasteiger partial charge in [0, 0.05) is 11.1 Å². The van der Waals surface area contributed by atoms with Crippen molar-refractivity contribution < 1.29 is 29.1 Å². The van der Waals surface area contributed by atoms with Crippen LogP contribution < -0.4 is 19.0 Å². The van der Waals surface area contributed by atoms with Crippen molar-refractivity contribution in [1.29, 1.82) is 0 Å². The molecule has 0 saturated carbocycles. The van der Waals surface area contributed by atoms with E-state index in [1.54, 1.807) is 0 Å². The second-order valence-electron chi connectivity index (χ2n) is 13.9. The fourth-order valence-corrected chi connectivity index (χ4v) is 5.18. The van der Waals surface area contributed by atoms with Gasteiger partial charge in [-0.15, -0.1) is 0 Å². The second-order valence-corrected chi connectivity index (χ2v) is 15.2. The van der Waals surface area contributed by atoms with Gasteiger partial charge >= 0.3 is 25.2 Å². The van der Waals surface area contributed by atoms with E-state index in [2.05, 4.69) is 41.5 Å². The van der Waals surface area contributed by atoms with Crippen molar-refractivity contribution in [2.45, 2.75) is 111 Å². The number of phosphoric ester groups is 1. The average molecular weight is 545 g/mol. The van der Waals surface area contributed by atoms with Gasteiger partial charge in [-0.3, -0.25) is 0 Å². The third kappa shape index (κ3) is 7.01. The second kappa shape index (κ2) is 10.3. The first kappa shape index (κ1) is 33.7. The normalized spacial score (nSPS) is 20.1. The fourth-order valence-electron chi connectivity index (χ4n) is 4.29. The summed E-state index contributed by atoms with van der Waals surface area (Å²) in [6.07, 6.45) is -1.38. The molecular weight excluding hydrogens is 502 g/mol. The molecule has 0 spiro atoms. The maximum Gasteiger partial charge on any atom is 3.00 e. The van der Waals surface area contributed by atoms with E-state index in [0.29, 0.717) is 22.3 Å². The molecule has 1 aliphatic heterocycles. The molecule has 8 heteroatoms. The smallest absolute Gasteiger partial charge is 0.870 e. The van der Waals surface area contributed by atoms with Crippen molar-refractivity contribution in [2.75, 3.05) is 0 Å². The van der Waals surface area contributed by atoms with Gasteiger partial charge < -0.3 is 24.5 Å². The van der Waals surface area contributed by atoms with Crippen molar-refractivity contribution in [2.24, 2.45) is 0 Å². The van der Waals surface area contributed by atoms with Crippen LogP contribution in [0.15, 0.2) is 24.3 Å². The molecule has 0 radical (unpaired) electrons. The molecule has 0 aromatic heterocycles. The molecule has 2 aromatic carbocycles. The van der Waals surface area contributed by atoms with Crippen molar-refractivity contribution in [1.82, 2.24) is 0 Å². The summed E-state index contributed by atoms with van der Waals surface area (Å²) in [5.74, 6) is 0.181. The predicted octanol–water partition coefficient (Wildman–Crippen LogP) is 6.01. The molecule has 0 fully saturated rings. The Balaban J connectivity index is 0.00000342. The van der Waals surface area contributed by atoms with Crippen LogP contribution in [0.2, 0.25) is 0 Å². The van der Waals surface area contributed by atoms with E-state index in [1.165, 1.54) is 0 Å². The molecule has 37 heavy (non-hydrogen) atoms. The molecule has 1 N–H and O–H groups in total. The first-order chi connectivity index (χ1) is 15.5. The summed E-state index contributed by atoms with van der Waals surface area (Å²) in [5.41, 5.74) is 2.49. The molecule has 1 heterocycles. The molecule has 6 nitrogen and oxygen atoms in total. The van der Waals surface area contributed by atoms with E-state index in [-0.39, 0.29) is 45.2 Å². The third-order valence-electron chi connectivity index (χ3n) is 6.55. The number of fused-ring (bicyclic) bond motifs is 2. The number of phosphoric acid groups is 1. The Hall–Kier alpha value is -1.32. The molecular formula is C29H42AlO6P. The standard InChI is InChI=1S/C29H42O5P.Al.H2O/c1-26(2,3)17-13-19-23(30)20-14-18(27(4,5)6)16-22(29(10,11)12)25(20)34-35(31,32)33-24(19)21(15-17)28(7,8)9;;/h13-16,23H,1-12H3,(H,31,32);;1H2/q-1;+3;/p-2. The van der Waals surface area contributed by atoms with Crippen LogP contribution in [0, 0.1) is 0 Å². The summed E-state index contributed by atoms with van der Waals surface area (Å²) in [7, 11) is -4.84. The fraction of sp³-hybridized carbons (Fsp3) is 0.586. The van der Waals surface area contributed by atoms with Gasteiger partial charge in [0.25, 0.3) is 0 Å². The van der Waals surface area contributed by atoms with Crippen molar-refractivity contribution in [3.63, 3.8) is 0 Å². The maximum absolute atomic E-state index is 14.3. The van der Waals surface area contributed by atoms with Crippen LogP contribution in [-0.2, 0) is 26.2 Å². The number of benzene rings is 2. The largest absolute Gasteiger partial charge is 3.00 e. The van der Waals surface area contributed by atoms with Gasteiger partial charge in [0.05, 0.1) is 0 Å². The zero-order valence-electron chi connectivity index (χ0n) is 24.4. The zero-order chi connectivity index (χ0) is 26.9. The van der Waals surface area contributed by atoms with E-state index in [0.717, 1.165) is 11.1 Å². The van der Waals surface area contributed by atoms with Crippen LogP contribution in [0.4, 0.5) is 0 Å². The molecule has 3 rings (SSSR count). The molecule has 0 amide bonds. The van der Waals surface area contributed by atoms with Crippen LogP contribution in [0.3, 0.4) is 0 Å². The van der Waals surface area contributed by atoms with Crippen molar-refractivity contribution in [3.8, 4) is 11.5 Å². The van der Waals surface area contributed by atoms with Crippen LogP contribution in [-0.4, -0.2) is 22.8 Å². The number of hydrogen-bond donors (Lipinski definition) is 0. The van der Waals surface area contributed by atoms with E-state index in [4.69, 9.17) is 9.05 Å². The first-order valence-electron chi connectivity index (χ1n) is 12.3. The van der Waals surface area contributed by atoms with Gasteiger partial charge in [0.1, 0.15) is 11.5 Å². The van der Waals surface area contributed by atoms with E-state index in [9.17, 15) is 14.6 Å². The molecule has 2 aromatic rings. The minimum absolute atomic E-state index is 0. The monoisotopic (exact) mass is 544 g/mol. The van der Waals surface area contributed by atoms with Gasteiger partial charge in [-0.25, -0.2) is 4.57 Å². The van der Waals surface area contributed by atoms with E-state index >= 15 is 0 Å². The Labute approximate surface area is 233 Å². The summed E-state index contributed by atoms with van der Waals surface area (Å²) in [4.78, 5) is 13.3. The molecule has 0 bridgehead atoms. The van der Waals surface area contributed by atoms with Gasteiger partial charge in [-0.1, -0.05) is 113 Å². The van der Waals surface area contributed by atoms with Crippen molar-refractivity contribution >= 4 is 25.2 Å². The molecule has 0 unspecified atom stereocenters. The van der Waals surface area contributed by atoms with Crippen LogP contribution in [0.5, 0.6) is 11.5 Å². The van der Waals surface area contributed by atoms with E-state index < -0.39 is 24.8 Å². The third-order valence-corrected chi connectivity index (χ3v) is 7.37. The van der Waals surface area contributed by atoms with Crippen molar-refractivity contribution in [3.05, 3.63) is 57.6 Å². The Morgan fingerprint density at radius 2 is 0.946 bits per heavy atom. The Morgan fingerprint density at radius 3 is 1.19 bits per heavy atom. The average Bonchev–Trinajstić information content (AvgIpc) is 2.62. The molecule has 0 aliphatic carbocycles. The number of hydrogen-bond acceptors (Lipinski definition) is 6. The summed E-state index contributed by atoms with van der Waals surface area (Å²) < 4.78 is 24.5. The van der Waals surface area contributed by atoms with Gasteiger partial charge in [-0.2, -0.15) is 0 Å². The zero-order valence-corrected chi connectivity index (χ0v) is 26.4. The topological polar surface area (TPSA) is 112 Å². The number of rotatable bonds is 0.